The molecule has 0 aliphatic rings. The normalized spacial score (nSPS) is 10.5. The van der Waals surface area contributed by atoms with Gasteiger partial charge in [0.1, 0.15) is 0 Å². The van der Waals surface area contributed by atoms with Gasteiger partial charge in [-0.25, -0.2) is 4.68 Å². The summed E-state index contributed by atoms with van der Waals surface area (Å²) in [6.07, 6.45) is 5.52. The molecule has 0 aliphatic heterocycles. The zero-order valence-electron chi connectivity index (χ0n) is 10.1. The highest BCUT2D eigenvalue weighted by atomic mass is 15.3. The lowest BCUT2D eigenvalue weighted by molar-refractivity contribution is 0.877. The molecule has 0 N–H and O–H groups in total. The van der Waals surface area contributed by atoms with Crippen molar-refractivity contribution >= 4 is 0 Å². The Morgan fingerprint density at radius 3 is 2.67 bits per heavy atom. The summed E-state index contributed by atoms with van der Waals surface area (Å²) in [5, 5.41) is 4.59. The smallest absolute Gasteiger partial charge is 0.0930 e. The van der Waals surface area contributed by atoms with Crippen molar-refractivity contribution in [3.8, 4) is 16.9 Å². The van der Waals surface area contributed by atoms with Gasteiger partial charge in [-0.3, -0.25) is 4.98 Å². The molecule has 0 saturated carbocycles. The Hall–Kier alpha value is -2.42. The van der Waals surface area contributed by atoms with E-state index in [2.05, 4.69) is 29.1 Å². The molecule has 2 aromatic heterocycles. The van der Waals surface area contributed by atoms with Crippen molar-refractivity contribution in [3.05, 3.63) is 66.6 Å². The second kappa shape index (κ2) is 4.45. The molecule has 0 spiro atoms. The number of hydrogen-bond donors (Lipinski definition) is 0. The number of aryl methyl sites for hydroxylation is 1. The molecule has 0 unspecified atom stereocenters. The first-order valence-electron chi connectivity index (χ1n) is 5.87. The number of aromatic nitrogens is 3. The van der Waals surface area contributed by atoms with Crippen LogP contribution in [0, 0.1) is 6.92 Å². The third-order valence-electron chi connectivity index (χ3n) is 2.92. The monoisotopic (exact) mass is 235 g/mol. The molecule has 0 aliphatic carbocycles. The van der Waals surface area contributed by atoms with Gasteiger partial charge in [0, 0.05) is 18.0 Å². The molecule has 2 heterocycles. The minimum atomic E-state index is 0.970. The first-order valence-corrected chi connectivity index (χ1v) is 5.87. The number of benzene rings is 1. The van der Waals surface area contributed by atoms with E-state index < -0.39 is 0 Å². The van der Waals surface area contributed by atoms with Crippen LogP contribution in [0.2, 0.25) is 0 Å². The molecule has 3 nitrogen and oxygen atoms in total. The predicted molar refractivity (Wildman–Crippen MR) is 71.5 cm³/mol. The summed E-state index contributed by atoms with van der Waals surface area (Å²) < 4.78 is 1.84. The van der Waals surface area contributed by atoms with E-state index in [0.29, 0.717) is 0 Å². The van der Waals surface area contributed by atoms with Crippen molar-refractivity contribution in [3.63, 3.8) is 0 Å². The quantitative estimate of drug-likeness (QED) is 0.682. The zero-order chi connectivity index (χ0) is 12.4. The predicted octanol–water partition coefficient (Wildman–Crippen LogP) is 3.24. The Labute approximate surface area is 106 Å². The molecule has 0 fully saturated rings. The van der Waals surface area contributed by atoms with Crippen LogP contribution in [0.4, 0.5) is 0 Å². The molecule has 3 heteroatoms. The van der Waals surface area contributed by atoms with E-state index in [-0.39, 0.29) is 0 Å². The summed E-state index contributed by atoms with van der Waals surface area (Å²) in [5.74, 6) is 0. The number of hydrogen-bond acceptors (Lipinski definition) is 2. The van der Waals surface area contributed by atoms with Crippen molar-refractivity contribution in [2.75, 3.05) is 0 Å². The van der Waals surface area contributed by atoms with E-state index >= 15 is 0 Å². The van der Waals surface area contributed by atoms with Crippen molar-refractivity contribution in [2.24, 2.45) is 0 Å². The fourth-order valence-corrected chi connectivity index (χ4v) is 1.96. The van der Waals surface area contributed by atoms with Gasteiger partial charge < -0.3 is 0 Å². The van der Waals surface area contributed by atoms with Gasteiger partial charge in [0.15, 0.2) is 0 Å². The largest absolute Gasteiger partial charge is 0.262 e. The van der Waals surface area contributed by atoms with Crippen LogP contribution in [-0.4, -0.2) is 14.8 Å². The second-order valence-electron chi connectivity index (χ2n) is 4.17. The highest BCUT2D eigenvalue weighted by molar-refractivity contribution is 5.63. The topological polar surface area (TPSA) is 30.7 Å². The Balaban J connectivity index is 2.03. The van der Waals surface area contributed by atoms with Gasteiger partial charge >= 0.3 is 0 Å². The van der Waals surface area contributed by atoms with Gasteiger partial charge in [0.05, 0.1) is 17.6 Å². The fraction of sp³-hybridized carbons (Fsp3) is 0.0667. The van der Waals surface area contributed by atoms with Crippen LogP contribution in [0.25, 0.3) is 16.9 Å². The third-order valence-corrected chi connectivity index (χ3v) is 2.92. The minimum absolute atomic E-state index is 0.970. The van der Waals surface area contributed by atoms with Crippen LogP contribution in [0.15, 0.2) is 61.1 Å². The molecule has 1 aromatic carbocycles. The van der Waals surface area contributed by atoms with Crippen LogP contribution in [0.5, 0.6) is 0 Å². The van der Waals surface area contributed by atoms with Gasteiger partial charge in [0.25, 0.3) is 0 Å². The van der Waals surface area contributed by atoms with Gasteiger partial charge in [-0.15, -0.1) is 0 Å². The molecule has 3 aromatic rings. The number of rotatable bonds is 2. The second-order valence-corrected chi connectivity index (χ2v) is 4.17. The highest BCUT2D eigenvalue weighted by Gasteiger charge is 2.05. The average Bonchev–Trinajstić information content (AvgIpc) is 2.90. The Morgan fingerprint density at radius 1 is 1.00 bits per heavy atom. The number of pyridine rings is 1. The lowest BCUT2D eigenvalue weighted by Gasteiger charge is -2.02. The average molecular weight is 235 g/mol. The fourth-order valence-electron chi connectivity index (χ4n) is 1.96. The Kier molecular flexibility index (Phi) is 2.65. The summed E-state index contributed by atoms with van der Waals surface area (Å²) in [6, 6.07) is 14.2. The zero-order valence-corrected chi connectivity index (χ0v) is 10.1. The van der Waals surface area contributed by atoms with E-state index in [4.69, 9.17) is 0 Å². The van der Waals surface area contributed by atoms with Gasteiger partial charge in [-0.05, 0) is 30.7 Å². The summed E-state index contributed by atoms with van der Waals surface area (Å²) in [5.41, 5.74) is 4.35. The maximum atomic E-state index is 4.59. The van der Waals surface area contributed by atoms with E-state index in [1.165, 1.54) is 11.1 Å². The SMILES string of the molecule is Cc1ccccc1-c1ccn(-c2cccnc2)n1. The molecule has 0 saturated heterocycles. The third kappa shape index (κ3) is 1.91. The molecule has 0 bridgehead atoms. The van der Waals surface area contributed by atoms with Crippen LogP contribution in [0.1, 0.15) is 5.56 Å². The molecule has 0 radical (unpaired) electrons. The molecule has 3 rings (SSSR count). The summed E-state index contributed by atoms with van der Waals surface area (Å²) in [4.78, 5) is 4.10. The van der Waals surface area contributed by atoms with Crippen LogP contribution >= 0.6 is 0 Å². The maximum absolute atomic E-state index is 4.59. The minimum Gasteiger partial charge on any atom is -0.262 e. The van der Waals surface area contributed by atoms with Crippen molar-refractivity contribution in [1.82, 2.24) is 14.8 Å². The van der Waals surface area contributed by atoms with E-state index in [1.807, 2.05) is 41.2 Å². The van der Waals surface area contributed by atoms with E-state index in [1.54, 1.807) is 12.4 Å². The van der Waals surface area contributed by atoms with E-state index in [9.17, 15) is 0 Å². The van der Waals surface area contributed by atoms with Crippen molar-refractivity contribution < 1.29 is 0 Å². The molecule has 18 heavy (non-hydrogen) atoms. The van der Waals surface area contributed by atoms with Gasteiger partial charge in [-0.2, -0.15) is 5.10 Å². The molecular weight excluding hydrogens is 222 g/mol. The Morgan fingerprint density at radius 2 is 1.89 bits per heavy atom. The maximum Gasteiger partial charge on any atom is 0.0930 e. The Bertz CT molecular complexity index is 656. The molecular formula is C15H13N3. The first kappa shape index (κ1) is 10.7. The standard InChI is InChI=1S/C15H13N3/c1-12-5-2-3-7-14(12)15-8-10-18(17-15)13-6-4-9-16-11-13/h2-11H,1H3. The van der Waals surface area contributed by atoms with Crippen LogP contribution in [0.3, 0.4) is 0 Å². The van der Waals surface area contributed by atoms with Gasteiger partial charge in [-0.1, -0.05) is 24.3 Å². The highest BCUT2D eigenvalue weighted by Crippen LogP contribution is 2.21. The van der Waals surface area contributed by atoms with Crippen molar-refractivity contribution in [2.45, 2.75) is 6.92 Å². The summed E-state index contributed by atoms with van der Waals surface area (Å²) >= 11 is 0. The first-order chi connectivity index (χ1) is 8.84. The number of nitrogens with zero attached hydrogens (tertiary/aromatic N) is 3. The molecule has 88 valence electrons. The lowest BCUT2D eigenvalue weighted by atomic mass is 10.1. The van der Waals surface area contributed by atoms with Gasteiger partial charge in [0.2, 0.25) is 0 Å². The molecule has 0 atom stereocenters. The van der Waals surface area contributed by atoms with E-state index in [0.717, 1.165) is 11.4 Å². The summed E-state index contributed by atoms with van der Waals surface area (Å²) in [6.45, 7) is 2.10. The van der Waals surface area contributed by atoms with Crippen LogP contribution < -0.4 is 0 Å². The lowest BCUT2D eigenvalue weighted by Crippen LogP contribution is -1.95. The molecule has 0 amide bonds. The van der Waals surface area contributed by atoms with Crippen LogP contribution in [-0.2, 0) is 0 Å². The summed E-state index contributed by atoms with van der Waals surface area (Å²) in [7, 11) is 0. The van der Waals surface area contributed by atoms with Crippen molar-refractivity contribution in [1.29, 1.82) is 0 Å².